The van der Waals surface area contributed by atoms with Crippen molar-refractivity contribution in [3.63, 3.8) is 0 Å². The Kier molecular flexibility index (Phi) is 5.08. The van der Waals surface area contributed by atoms with Crippen LogP contribution in [0.5, 0.6) is 5.75 Å². The highest BCUT2D eigenvalue weighted by atomic mass is 32.2. The lowest BCUT2D eigenvalue weighted by Crippen LogP contribution is -2.43. The van der Waals surface area contributed by atoms with Gasteiger partial charge in [-0.3, -0.25) is 0 Å². The number of nitrogens with zero attached hydrogens (tertiary/aromatic N) is 1. The molecule has 0 aliphatic carbocycles. The quantitative estimate of drug-likeness (QED) is 0.836. The first-order valence-electron chi connectivity index (χ1n) is 7.93. The van der Waals surface area contributed by atoms with Gasteiger partial charge in [-0.2, -0.15) is 4.31 Å². The lowest BCUT2D eigenvalue weighted by atomic mass is 10.1. The van der Waals surface area contributed by atoms with Gasteiger partial charge in [0, 0.05) is 6.54 Å². The second-order valence-corrected chi connectivity index (χ2v) is 7.75. The van der Waals surface area contributed by atoms with Gasteiger partial charge in [-0.25, -0.2) is 12.8 Å². The summed E-state index contributed by atoms with van der Waals surface area (Å²) in [6.07, 6.45) is 0. The van der Waals surface area contributed by atoms with E-state index in [0.717, 1.165) is 0 Å². The molecule has 0 N–H and O–H groups in total. The molecular formula is C18H20FNO4S. The van der Waals surface area contributed by atoms with Gasteiger partial charge in [0.2, 0.25) is 10.0 Å². The van der Waals surface area contributed by atoms with Crippen LogP contribution in [-0.4, -0.2) is 39.6 Å². The third kappa shape index (κ3) is 3.53. The molecule has 1 atom stereocenters. The van der Waals surface area contributed by atoms with Crippen molar-refractivity contribution in [3.8, 4) is 5.75 Å². The highest BCUT2D eigenvalue weighted by Gasteiger charge is 2.35. The summed E-state index contributed by atoms with van der Waals surface area (Å²) >= 11 is 0. The van der Waals surface area contributed by atoms with Gasteiger partial charge in [0.25, 0.3) is 0 Å². The largest absolute Gasteiger partial charge is 0.497 e. The Morgan fingerprint density at radius 3 is 2.56 bits per heavy atom. The van der Waals surface area contributed by atoms with Crippen LogP contribution >= 0.6 is 0 Å². The van der Waals surface area contributed by atoms with Crippen molar-refractivity contribution in [2.75, 3.05) is 26.9 Å². The average molecular weight is 365 g/mol. The first-order valence-corrected chi connectivity index (χ1v) is 9.37. The fraction of sp³-hybridized carbons (Fsp3) is 0.333. The summed E-state index contributed by atoms with van der Waals surface area (Å²) in [7, 11) is -2.18. The summed E-state index contributed by atoms with van der Waals surface area (Å²) in [6.45, 7) is 2.55. The number of rotatable bonds is 4. The summed E-state index contributed by atoms with van der Waals surface area (Å²) in [4.78, 5) is 0.238. The SMILES string of the molecule is COc1ccc(S(=O)(=O)N2CCOCC2c2ccc(F)cc2)c(C)c1. The van der Waals surface area contributed by atoms with E-state index in [9.17, 15) is 12.8 Å². The molecule has 1 aliphatic rings. The maximum atomic E-state index is 13.2. The molecule has 0 amide bonds. The minimum absolute atomic E-state index is 0.236. The van der Waals surface area contributed by atoms with E-state index in [2.05, 4.69) is 0 Å². The third-order valence-electron chi connectivity index (χ3n) is 4.30. The van der Waals surface area contributed by atoms with Gasteiger partial charge in [0.15, 0.2) is 0 Å². The normalized spacial score (nSPS) is 18.9. The van der Waals surface area contributed by atoms with Gasteiger partial charge in [0.05, 0.1) is 31.3 Å². The number of methoxy groups -OCH3 is 1. The van der Waals surface area contributed by atoms with Gasteiger partial charge < -0.3 is 9.47 Å². The zero-order valence-electron chi connectivity index (χ0n) is 14.1. The molecule has 1 fully saturated rings. The van der Waals surface area contributed by atoms with Crippen molar-refractivity contribution < 1.29 is 22.3 Å². The molecule has 25 heavy (non-hydrogen) atoms. The number of hydrogen-bond acceptors (Lipinski definition) is 4. The van der Waals surface area contributed by atoms with Crippen LogP contribution in [0.3, 0.4) is 0 Å². The van der Waals surface area contributed by atoms with Crippen LogP contribution in [0.25, 0.3) is 0 Å². The van der Waals surface area contributed by atoms with E-state index in [-0.39, 0.29) is 23.9 Å². The second-order valence-electron chi connectivity index (χ2n) is 5.89. The highest BCUT2D eigenvalue weighted by molar-refractivity contribution is 7.89. The fourth-order valence-corrected chi connectivity index (χ4v) is 4.78. The maximum Gasteiger partial charge on any atom is 0.244 e. The van der Waals surface area contributed by atoms with Crippen molar-refractivity contribution in [2.45, 2.75) is 17.9 Å². The van der Waals surface area contributed by atoms with Gasteiger partial charge >= 0.3 is 0 Å². The van der Waals surface area contributed by atoms with E-state index in [0.29, 0.717) is 23.5 Å². The Morgan fingerprint density at radius 2 is 1.92 bits per heavy atom. The lowest BCUT2D eigenvalue weighted by Gasteiger charge is -2.35. The zero-order chi connectivity index (χ0) is 18.0. The number of ether oxygens (including phenoxy) is 2. The molecular weight excluding hydrogens is 345 g/mol. The highest BCUT2D eigenvalue weighted by Crippen LogP contribution is 2.32. The molecule has 2 aromatic rings. The predicted octanol–water partition coefficient (Wildman–Crippen LogP) is 2.90. The third-order valence-corrected chi connectivity index (χ3v) is 6.37. The van der Waals surface area contributed by atoms with Crippen LogP contribution in [0, 0.1) is 12.7 Å². The van der Waals surface area contributed by atoms with Gasteiger partial charge in [-0.05, 0) is 48.4 Å². The van der Waals surface area contributed by atoms with Crippen LogP contribution in [0.15, 0.2) is 47.4 Å². The molecule has 0 bridgehead atoms. The molecule has 1 heterocycles. The molecule has 134 valence electrons. The number of hydrogen-bond donors (Lipinski definition) is 0. The van der Waals surface area contributed by atoms with Crippen LogP contribution in [0.1, 0.15) is 17.2 Å². The average Bonchev–Trinajstić information content (AvgIpc) is 2.62. The van der Waals surface area contributed by atoms with Gasteiger partial charge in [-0.15, -0.1) is 0 Å². The molecule has 5 nitrogen and oxygen atoms in total. The molecule has 0 aromatic heterocycles. The minimum atomic E-state index is -3.72. The topological polar surface area (TPSA) is 55.8 Å². The smallest absolute Gasteiger partial charge is 0.244 e. The number of morpholine rings is 1. The molecule has 1 saturated heterocycles. The molecule has 1 unspecified atom stereocenters. The Hall–Kier alpha value is -1.96. The van der Waals surface area contributed by atoms with E-state index < -0.39 is 16.1 Å². The van der Waals surface area contributed by atoms with Crippen LogP contribution in [0.2, 0.25) is 0 Å². The first kappa shape index (κ1) is 17.8. The lowest BCUT2D eigenvalue weighted by molar-refractivity contribution is 0.0320. The van der Waals surface area contributed by atoms with Crippen molar-refractivity contribution in [3.05, 3.63) is 59.4 Å². The van der Waals surface area contributed by atoms with Crippen molar-refractivity contribution >= 4 is 10.0 Å². The molecule has 3 rings (SSSR count). The minimum Gasteiger partial charge on any atom is -0.497 e. The summed E-state index contributed by atoms with van der Waals surface area (Å²) < 4.78 is 51.7. The first-order chi connectivity index (χ1) is 11.9. The molecule has 2 aromatic carbocycles. The summed E-state index contributed by atoms with van der Waals surface area (Å²) in [6, 6.07) is 10.2. The van der Waals surface area contributed by atoms with Gasteiger partial charge in [-0.1, -0.05) is 12.1 Å². The van der Waals surface area contributed by atoms with Gasteiger partial charge in [0.1, 0.15) is 11.6 Å². The Morgan fingerprint density at radius 1 is 1.20 bits per heavy atom. The second kappa shape index (κ2) is 7.11. The standard InChI is InChI=1S/C18H20FNO4S/c1-13-11-16(23-2)7-8-18(13)25(21,22)20-9-10-24-12-17(20)14-3-5-15(19)6-4-14/h3-8,11,17H,9-10,12H2,1-2H3. The monoisotopic (exact) mass is 365 g/mol. The van der Waals surface area contributed by atoms with Crippen molar-refractivity contribution in [2.24, 2.45) is 0 Å². The van der Waals surface area contributed by atoms with E-state index in [1.54, 1.807) is 37.3 Å². The molecule has 1 aliphatic heterocycles. The van der Waals surface area contributed by atoms with Crippen molar-refractivity contribution in [1.29, 1.82) is 0 Å². The van der Waals surface area contributed by atoms with Crippen LogP contribution in [-0.2, 0) is 14.8 Å². The van der Waals surface area contributed by atoms with Crippen molar-refractivity contribution in [1.82, 2.24) is 4.31 Å². The summed E-state index contributed by atoms with van der Waals surface area (Å²) in [5.74, 6) is 0.245. The molecule has 0 saturated carbocycles. The molecule has 7 heteroatoms. The number of benzene rings is 2. The van der Waals surface area contributed by atoms with E-state index >= 15 is 0 Å². The Bertz CT molecular complexity index is 852. The summed E-state index contributed by atoms with van der Waals surface area (Å²) in [5.41, 5.74) is 1.32. The Balaban J connectivity index is 2.00. The molecule has 0 radical (unpaired) electrons. The van der Waals surface area contributed by atoms with Crippen LogP contribution in [0.4, 0.5) is 4.39 Å². The Labute approximate surface area is 147 Å². The number of halogens is 1. The summed E-state index contributed by atoms with van der Waals surface area (Å²) in [5, 5.41) is 0. The molecule has 0 spiro atoms. The van der Waals surface area contributed by atoms with E-state index in [1.807, 2.05) is 0 Å². The van der Waals surface area contributed by atoms with E-state index in [4.69, 9.17) is 9.47 Å². The number of aryl methyl sites for hydroxylation is 1. The number of sulfonamides is 1. The van der Waals surface area contributed by atoms with E-state index in [1.165, 1.54) is 23.5 Å². The fourth-order valence-electron chi connectivity index (χ4n) is 2.99. The zero-order valence-corrected chi connectivity index (χ0v) is 14.9. The maximum absolute atomic E-state index is 13.2. The predicted molar refractivity (Wildman–Crippen MR) is 91.6 cm³/mol. The van der Waals surface area contributed by atoms with Crippen LogP contribution < -0.4 is 4.74 Å².